The van der Waals surface area contributed by atoms with Crippen molar-refractivity contribution in [3.8, 4) is 17.2 Å². The second kappa shape index (κ2) is 9.05. The van der Waals surface area contributed by atoms with Gasteiger partial charge in [0.1, 0.15) is 17.2 Å². The van der Waals surface area contributed by atoms with Crippen LogP contribution in [0.2, 0.25) is 0 Å². The first kappa shape index (κ1) is 19.7. The predicted octanol–water partition coefficient (Wildman–Crippen LogP) is 2.28. The third kappa shape index (κ3) is 5.05. The van der Waals surface area contributed by atoms with E-state index < -0.39 is 0 Å². The van der Waals surface area contributed by atoms with Crippen molar-refractivity contribution < 1.29 is 14.2 Å². The molecule has 0 unspecified atom stereocenters. The average Bonchev–Trinajstić information content (AvgIpc) is 3.38. The lowest BCUT2D eigenvalue weighted by Crippen LogP contribution is -2.35. The van der Waals surface area contributed by atoms with Gasteiger partial charge in [0.2, 0.25) is 0 Å². The smallest absolute Gasteiger partial charge is 0.191 e. The molecule has 1 aliphatic rings. The quantitative estimate of drug-likeness (QED) is 0.405. The summed E-state index contributed by atoms with van der Waals surface area (Å²) in [5, 5.41) is 0. The number of hydrogen-bond donors (Lipinski definition) is 1. The molecular weight excluding hydrogens is 409 g/mol. The molecule has 2 N–H and O–H groups in total. The minimum absolute atomic E-state index is 0. The number of rotatable bonds is 7. The van der Waals surface area contributed by atoms with Crippen LogP contribution in [0.15, 0.2) is 17.1 Å². The van der Waals surface area contributed by atoms with E-state index in [2.05, 4.69) is 4.99 Å². The van der Waals surface area contributed by atoms with E-state index >= 15 is 0 Å². The summed E-state index contributed by atoms with van der Waals surface area (Å²) >= 11 is 0. The Balaban J connectivity index is 0.00000264. The van der Waals surface area contributed by atoms with Crippen molar-refractivity contribution in [1.29, 1.82) is 0 Å². The largest absolute Gasteiger partial charge is 0.496 e. The van der Waals surface area contributed by atoms with Gasteiger partial charge >= 0.3 is 0 Å². The van der Waals surface area contributed by atoms with Crippen LogP contribution in [0.25, 0.3) is 0 Å². The van der Waals surface area contributed by atoms with Crippen LogP contribution < -0.4 is 19.9 Å². The van der Waals surface area contributed by atoms with Crippen LogP contribution in [-0.4, -0.2) is 51.8 Å². The van der Waals surface area contributed by atoms with Gasteiger partial charge in [0, 0.05) is 37.3 Å². The summed E-state index contributed by atoms with van der Waals surface area (Å²) in [5.41, 5.74) is 6.97. The van der Waals surface area contributed by atoms with Crippen LogP contribution in [0.1, 0.15) is 18.4 Å². The Labute approximate surface area is 155 Å². The van der Waals surface area contributed by atoms with Crippen LogP contribution in [0, 0.1) is 0 Å². The normalized spacial score (nSPS) is 14.0. The summed E-state index contributed by atoms with van der Waals surface area (Å²) in [6, 6.07) is 4.26. The first-order chi connectivity index (χ1) is 10.6. The molecule has 6 nitrogen and oxygen atoms in total. The zero-order valence-corrected chi connectivity index (χ0v) is 16.5. The van der Waals surface area contributed by atoms with Gasteiger partial charge in [-0.25, -0.2) is 0 Å². The van der Waals surface area contributed by atoms with Crippen LogP contribution in [-0.2, 0) is 6.42 Å². The standard InChI is InChI=1S/C16H25N3O3.HI/c1-19(11-5-6-11)16(17)18-8-7-13-14(21-3)9-12(20-2)10-15(13)22-4;/h9-11H,5-8H2,1-4H3,(H2,17,18);1H. The van der Waals surface area contributed by atoms with E-state index in [1.165, 1.54) is 12.8 Å². The maximum absolute atomic E-state index is 6.00. The molecule has 1 aromatic carbocycles. The van der Waals surface area contributed by atoms with E-state index in [0.717, 1.165) is 17.1 Å². The zero-order chi connectivity index (χ0) is 16.1. The molecule has 2 rings (SSSR count). The fourth-order valence-corrected chi connectivity index (χ4v) is 2.37. The van der Waals surface area contributed by atoms with Gasteiger partial charge < -0.3 is 24.8 Å². The number of benzene rings is 1. The van der Waals surface area contributed by atoms with Crippen LogP contribution >= 0.6 is 24.0 Å². The van der Waals surface area contributed by atoms with Crippen LogP contribution in [0.3, 0.4) is 0 Å². The van der Waals surface area contributed by atoms with Crippen molar-refractivity contribution in [1.82, 2.24) is 4.90 Å². The van der Waals surface area contributed by atoms with Gasteiger partial charge in [-0.1, -0.05) is 0 Å². The minimum atomic E-state index is 0. The lowest BCUT2D eigenvalue weighted by Gasteiger charge is -2.17. The Morgan fingerprint density at radius 3 is 2.17 bits per heavy atom. The van der Waals surface area contributed by atoms with Gasteiger partial charge in [-0.3, -0.25) is 4.99 Å². The van der Waals surface area contributed by atoms with Crippen molar-refractivity contribution in [2.24, 2.45) is 10.7 Å². The minimum Gasteiger partial charge on any atom is -0.496 e. The molecule has 0 spiro atoms. The second-order valence-corrected chi connectivity index (χ2v) is 5.34. The molecule has 1 fully saturated rings. The number of nitrogens with two attached hydrogens (primary N) is 1. The number of hydrogen-bond acceptors (Lipinski definition) is 4. The Hall–Kier alpha value is -1.38. The Morgan fingerprint density at radius 2 is 1.74 bits per heavy atom. The molecule has 0 aliphatic heterocycles. The zero-order valence-electron chi connectivity index (χ0n) is 14.2. The van der Waals surface area contributed by atoms with E-state index in [4.69, 9.17) is 19.9 Å². The second-order valence-electron chi connectivity index (χ2n) is 5.34. The number of guanidine groups is 1. The molecular formula is C16H26IN3O3. The van der Waals surface area contributed by atoms with Crippen molar-refractivity contribution in [3.63, 3.8) is 0 Å². The number of halogens is 1. The maximum atomic E-state index is 6.00. The fourth-order valence-electron chi connectivity index (χ4n) is 2.37. The SMILES string of the molecule is COc1cc(OC)c(CCN=C(N)N(C)C2CC2)c(OC)c1.I. The van der Waals surface area contributed by atoms with Gasteiger partial charge in [-0.2, -0.15) is 0 Å². The number of nitrogens with zero attached hydrogens (tertiary/aromatic N) is 2. The monoisotopic (exact) mass is 435 g/mol. The van der Waals surface area contributed by atoms with Crippen molar-refractivity contribution in [3.05, 3.63) is 17.7 Å². The van der Waals surface area contributed by atoms with E-state index in [-0.39, 0.29) is 24.0 Å². The first-order valence-electron chi connectivity index (χ1n) is 7.42. The molecule has 130 valence electrons. The van der Waals surface area contributed by atoms with Gasteiger partial charge in [0.15, 0.2) is 5.96 Å². The highest BCUT2D eigenvalue weighted by atomic mass is 127. The van der Waals surface area contributed by atoms with E-state index in [9.17, 15) is 0 Å². The summed E-state index contributed by atoms with van der Waals surface area (Å²) in [6.45, 7) is 0.585. The Morgan fingerprint density at radius 1 is 1.17 bits per heavy atom. The fraction of sp³-hybridized carbons (Fsp3) is 0.562. The molecule has 1 saturated carbocycles. The molecule has 1 aromatic rings. The summed E-state index contributed by atoms with van der Waals surface area (Å²) in [5.74, 6) is 2.77. The molecule has 0 atom stereocenters. The number of methoxy groups -OCH3 is 3. The Bertz CT molecular complexity index is 522. The molecule has 0 radical (unpaired) electrons. The van der Waals surface area contributed by atoms with Gasteiger partial charge in [-0.15, -0.1) is 24.0 Å². The molecule has 0 saturated heterocycles. The molecule has 7 heteroatoms. The molecule has 23 heavy (non-hydrogen) atoms. The molecule has 0 heterocycles. The maximum Gasteiger partial charge on any atom is 0.191 e. The summed E-state index contributed by atoms with van der Waals surface area (Å²) in [6.07, 6.45) is 3.09. The van der Waals surface area contributed by atoms with Crippen molar-refractivity contribution >= 4 is 29.9 Å². The van der Waals surface area contributed by atoms with Crippen molar-refractivity contribution in [2.45, 2.75) is 25.3 Å². The molecule has 0 aromatic heterocycles. The van der Waals surface area contributed by atoms with Gasteiger partial charge in [-0.05, 0) is 19.3 Å². The highest BCUT2D eigenvalue weighted by molar-refractivity contribution is 14.0. The number of ether oxygens (including phenoxy) is 3. The molecule has 0 bridgehead atoms. The van der Waals surface area contributed by atoms with Gasteiger partial charge in [0.05, 0.1) is 21.3 Å². The van der Waals surface area contributed by atoms with Crippen LogP contribution in [0.4, 0.5) is 0 Å². The summed E-state index contributed by atoms with van der Waals surface area (Å²) in [4.78, 5) is 6.50. The van der Waals surface area contributed by atoms with Crippen LogP contribution in [0.5, 0.6) is 17.2 Å². The highest BCUT2D eigenvalue weighted by Gasteiger charge is 2.27. The topological polar surface area (TPSA) is 69.3 Å². The van der Waals surface area contributed by atoms with E-state index in [1.807, 2.05) is 24.1 Å². The lowest BCUT2D eigenvalue weighted by molar-refractivity contribution is 0.369. The number of aliphatic imine (C=N–C) groups is 1. The summed E-state index contributed by atoms with van der Waals surface area (Å²) < 4.78 is 16.1. The third-order valence-electron chi connectivity index (χ3n) is 3.91. The first-order valence-corrected chi connectivity index (χ1v) is 7.42. The molecule has 1 aliphatic carbocycles. The Kier molecular flexibility index (Phi) is 7.74. The lowest BCUT2D eigenvalue weighted by atomic mass is 10.1. The van der Waals surface area contributed by atoms with Gasteiger partial charge in [0.25, 0.3) is 0 Å². The third-order valence-corrected chi connectivity index (χ3v) is 3.91. The summed E-state index contributed by atoms with van der Waals surface area (Å²) in [7, 11) is 6.88. The predicted molar refractivity (Wildman–Crippen MR) is 102 cm³/mol. The highest BCUT2D eigenvalue weighted by Crippen LogP contribution is 2.34. The van der Waals surface area contributed by atoms with Crippen molar-refractivity contribution in [2.75, 3.05) is 34.9 Å². The van der Waals surface area contributed by atoms with E-state index in [0.29, 0.717) is 30.7 Å². The average molecular weight is 435 g/mol. The molecule has 0 amide bonds. The van der Waals surface area contributed by atoms with E-state index in [1.54, 1.807) is 21.3 Å².